The van der Waals surface area contributed by atoms with Crippen molar-refractivity contribution >= 4 is 13.7 Å². The molecule has 3 atom stereocenters. The number of likely N-dealkylation sites (N-methyl/N-ethyl adjacent to an activating group) is 1. The first-order chi connectivity index (χ1) is 26.5. The van der Waals surface area contributed by atoms with Gasteiger partial charge in [0.1, 0.15) is 13.2 Å². The van der Waals surface area contributed by atoms with Crippen LogP contribution in [0.25, 0.3) is 0 Å². The van der Waals surface area contributed by atoms with Gasteiger partial charge in [-0.05, 0) is 38.5 Å². The minimum absolute atomic E-state index is 0.0750. The SMILES string of the molecule is CCCCCCC/C=C\CCCCCCCC(=O)NC(COP(=O)(O)OCC[N+](C)(C)C)C(O)CCCCCCCCCCCCCCCCCCCCC. The molecule has 55 heavy (non-hydrogen) atoms. The van der Waals surface area contributed by atoms with E-state index in [1.807, 2.05) is 21.1 Å². The van der Waals surface area contributed by atoms with Crippen LogP contribution in [-0.2, 0) is 18.4 Å². The third-order valence-corrected chi connectivity index (χ3v) is 11.7. The van der Waals surface area contributed by atoms with Crippen molar-refractivity contribution in [3.8, 4) is 0 Å². The molecular formula is C46H94N2O6P+. The van der Waals surface area contributed by atoms with Crippen LogP contribution in [0.3, 0.4) is 0 Å². The molecule has 0 aromatic heterocycles. The van der Waals surface area contributed by atoms with Crippen LogP contribution in [-0.4, -0.2) is 73.4 Å². The molecule has 9 heteroatoms. The average Bonchev–Trinajstić information content (AvgIpc) is 3.13. The molecule has 0 aliphatic heterocycles. The van der Waals surface area contributed by atoms with Crippen molar-refractivity contribution in [2.75, 3.05) is 40.9 Å². The Morgan fingerprint density at radius 3 is 1.40 bits per heavy atom. The number of carbonyl (C=O) groups is 1. The molecule has 0 heterocycles. The smallest absolute Gasteiger partial charge is 0.391 e. The topological polar surface area (TPSA) is 105 Å². The van der Waals surface area contributed by atoms with E-state index in [0.29, 0.717) is 23.9 Å². The number of quaternary nitrogens is 1. The Bertz CT molecular complexity index is 911. The number of rotatable bonds is 43. The Morgan fingerprint density at radius 2 is 0.982 bits per heavy atom. The number of nitrogens with one attached hydrogen (secondary N) is 1. The first kappa shape index (κ1) is 54.2. The van der Waals surface area contributed by atoms with Crippen LogP contribution in [0.5, 0.6) is 0 Å². The molecule has 0 aromatic carbocycles. The number of phosphoric acid groups is 1. The fourth-order valence-corrected chi connectivity index (χ4v) is 7.72. The molecular weight excluding hydrogens is 707 g/mol. The second-order valence-electron chi connectivity index (χ2n) is 17.5. The summed E-state index contributed by atoms with van der Waals surface area (Å²) in [6.07, 6.45) is 43.8. The number of hydrogen-bond donors (Lipinski definition) is 3. The van der Waals surface area contributed by atoms with Crippen LogP contribution in [0.2, 0.25) is 0 Å². The van der Waals surface area contributed by atoms with E-state index >= 15 is 0 Å². The number of unbranched alkanes of at least 4 members (excludes halogenated alkanes) is 28. The van der Waals surface area contributed by atoms with Gasteiger partial charge in [0.15, 0.2) is 0 Å². The summed E-state index contributed by atoms with van der Waals surface area (Å²) in [6, 6.07) is -0.760. The Balaban J connectivity index is 4.31. The van der Waals surface area contributed by atoms with Gasteiger partial charge >= 0.3 is 7.82 Å². The predicted molar refractivity (Wildman–Crippen MR) is 235 cm³/mol. The summed E-state index contributed by atoms with van der Waals surface area (Å²) in [5, 5.41) is 14.0. The Hall–Kier alpha value is -0.760. The third-order valence-electron chi connectivity index (χ3n) is 10.8. The van der Waals surface area contributed by atoms with Gasteiger partial charge in [-0.1, -0.05) is 193 Å². The maximum absolute atomic E-state index is 12.9. The van der Waals surface area contributed by atoms with E-state index in [4.69, 9.17) is 9.05 Å². The number of phosphoric ester groups is 1. The first-order valence-electron chi connectivity index (χ1n) is 23.6. The summed E-state index contributed by atoms with van der Waals surface area (Å²) in [5.41, 5.74) is 0. The predicted octanol–water partition coefficient (Wildman–Crippen LogP) is 13.1. The van der Waals surface area contributed by atoms with Crippen molar-refractivity contribution in [3.05, 3.63) is 12.2 Å². The van der Waals surface area contributed by atoms with Crippen LogP contribution in [0, 0.1) is 0 Å². The second-order valence-corrected chi connectivity index (χ2v) is 18.9. The second kappa shape index (κ2) is 38.7. The van der Waals surface area contributed by atoms with E-state index in [1.54, 1.807) is 0 Å². The van der Waals surface area contributed by atoms with Crippen LogP contribution in [0.15, 0.2) is 12.2 Å². The zero-order valence-electron chi connectivity index (χ0n) is 37.2. The molecule has 0 bridgehead atoms. The summed E-state index contributed by atoms with van der Waals surface area (Å²) in [6.45, 7) is 4.89. The monoisotopic (exact) mass is 802 g/mol. The van der Waals surface area contributed by atoms with Gasteiger partial charge in [-0.2, -0.15) is 0 Å². The molecule has 3 unspecified atom stereocenters. The lowest BCUT2D eigenvalue weighted by molar-refractivity contribution is -0.870. The van der Waals surface area contributed by atoms with Gasteiger partial charge in [-0.25, -0.2) is 4.57 Å². The largest absolute Gasteiger partial charge is 0.472 e. The molecule has 3 N–H and O–H groups in total. The van der Waals surface area contributed by atoms with Gasteiger partial charge in [0, 0.05) is 6.42 Å². The molecule has 0 aromatic rings. The van der Waals surface area contributed by atoms with Crippen molar-refractivity contribution in [2.45, 2.75) is 238 Å². The summed E-state index contributed by atoms with van der Waals surface area (Å²) in [7, 11) is 1.62. The number of aliphatic hydroxyl groups excluding tert-OH is 1. The first-order valence-corrected chi connectivity index (χ1v) is 25.0. The number of nitrogens with zero attached hydrogens (tertiary/aromatic N) is 1. The van der Waals surface area contributed by atoms with Crippen molar-refractivity contribution in [3.63, 3.8) is 0 Å². The summed E-state index contributed by atoms with van der Waals surface area (Å²) in [4.78, 5) is 23.2. The van der Waals surface area contributed by atoms with Crippen LogP contribution in [0.1, 0.15) is 226 Å². The number of hydrogen-bond acceptors (Lipinski definition) is 5. The molecule has 8 nitrogen and oxygen atoms in total. The van der Waals surface area contributed by atoms with Gasteiger partial charge in [0.25, 0.3) is 0 Å². The molecule has 1 amide bonds. The highest BCUT2D eigenvalue weighted by atomic mass is 31.2. The summed E-state index contributed by atoms with van der Waals surface area (Å²) >= 11 is 0. The quantitative estimate of drug-likeness (QED) is 0.0245. The molecule has 0 radical (unpaired) electrons. The van der Waals surface area contributed by atoms with E-state index in [9.17, 15) is 19.4 Å². The molecule has 0 saturated heterocycles. The maximum atomic E-state index is 12.9. The van der Waals surface area contributed by atoms with Gasteiger partial charge in [0.2, 0.25) is 5.91 Å². The number of amides is 1. The molecule has 0 rings (SSSR count). The van der Waals surface area contributed by atoms with E-state index in [2.05, 4.69) is 31.3 Å². The third kappa shape index (κ3) is 41.2. The highest BCUT2D eigenvalue weighted by Crippen LogP contribution is 2.43. The fourth-order valence-electron chi connectivity index (χ4n) is 6.98. The molecule has 0 saturated carbocycles. The molecule has 0 fully saturated rings. The normalized spacial score (nSPS) is 14.4. The summed E-state index contributed by atoms with van der Waals surface area (Å²) in [5.74, 6) is -0.151. The van der Waals surface area contributed by atoms with Gasteiger partial charge in [-0.3, -0.25) is 13.8 Å². The molecule has 0 aliphatic carbocycles. The van der Waals surface area contributed by atoms with Gasteiger partial charge < -0.3 is 19.8 Å². The van der Waals surface area contributed by atoms with Crippen LogP contribution < -0.4 is 5.32 Å². The van der Waals surface area contributed by atoms with E-state index in [0.717, 1.165) is 51.4 Å². The van der Waals surface area contributed by atoms with Crippen molar-refractivity contribution in [1.82, 2.24) is 5.32 Å². The van der Waals surface area contributed by atoms with E-state index in [-0.39, 0.29) is 19.1 Å². The van der Waals surface area contributed by atoms with Crippen LogP contribution >= 0.6 is 7.82 Å². The molecule has 328 valence electrons. The summed E-state index contributed by atoms with van der Waals surface area (Å²) < 4.78 is 23.6. The lowest BCUT2D eigenvalue weighted by atomic mass is 10.0. The van der Waals surface area contributed by atoms with Gasteiger partial charge in [-0.15, -0.1) is 0 Å². The lowest BCUT2D eigenvalue weighted by Gasteiger charge is -2.26. The Kier molecular flexibility index (Phi) is 38.2. The minimum Gasteiger partial charge on any atom is -0.391 e. The minimum atomic E-state index is -4.31. The Labute approximate surface area is 342 Å². The fraction of sp³-hybridized carbons (Fsp3) is 0.935. The van der Waals surface area contributed by atoms with Gasteiger partial charge in [0.05, 0.1) is 39.9 Å². The van der Waals surface area contributed by atoms with E-state index < -0.39 is 20.0 Å². The van der Waals surface area contributed by atoms with Crippen molar-refractivity contribution < 1.29 is 32.9 Å². The zero-order valence-corrected chi connectivity index (χ0v) is 38.1. The number of aliphatic hydroxyl groups is 1. The standard InChI is InChI=1S/C46H93N2O6P/c1-6-8-10-12-14-16-18-20-22-23-24-25-26-27-29-31-33-35-37-39-45(49)44(43-54-55(51,52)53-42-41-48(3,4)5)47-46(50)40-38-36-34-32-30-28-21-19-17-15-13-11-9-7-2/h19,21,44-45,49H,6-18,20,22-43H2,1-5H3,(H-,47,50,51,52)/p+1/b21-19-. The van der Waals surface area contributed by atoms with E-state index in [1.165, 1.54) is 148 Å². The average molecular weight is 802 g/mol. The Morgan fingerprint density at radius 1 is 0.600 bits per heavy atom. The maximum Gasteiger partial charge on any atom is 0.472 e. The van der Waals surface area contributed by atoms with Crippen molar-refractivity contribution in [2.24, 2.45) is 0 Å². The van der Waals surface area contributed by atoms with Crippen molar-refractivity contribution in [1.29, 1.82) is 0 Å². The number of carbonyl (C=O) groups excluding carboxylic acids is 1. The zero-order chi connectivity index (χ0) is 40.7. The number of allylic oxidation sites excluding steroid dienone is 2. The molecule has 0 aliphatic rings. The highest BCUT2D eigenvalue weighted by molar-refractivity contribution is 7.47. The highest BCUT2D eigenvalue weighted by Gasteiger charge is 2.28. The molecule has 0 spiro atoms. The lowest BCUT2D eigenvalue weighted by Crippen LogP contribution is -2.46. The van der Waals surface area contributed by atoms with Crippen LogP contribution in [0.4, 0.5) is 0 Å².